The van der Waals surface area contributed by atoms with Gasteiger partial charge >= 0.3 is 0 Å². The minimum atomic E-state index is 0.0223. The second-order valence-electron chi connectivity index (χ2n) is 4.11. The van der Waals surface area contributed by atoms with Gasteiger partial charge in [-0.3, -0.25) is 0 Å². The fraction of sp³-hybridized carbons (Fsp3) is 0.133. The highest BCUT2D eigenvalue weighted by Crippen LogP contribution is 2.23. The van der Waals surface area contributed by atoms with E-state index < -0.39 is 0 Å². The fourth-order valence-electron chi connectivity index (χ4n) is 1.82. The summed E-state index contributed by atoms with van der Waals surface area (Å²) in [6.07, 6.45) is 0. The van der Waals surface area contributed by atoms with Crippen LogP contribution in [0.2, 0.25) is 5.02 Å². The fourth-order valence-corrected chi connectivity index (χ4v) is 2.04. The number of aliphatic hydroxyl groups excluding tert-OH is 1. The highest BCUT2D eigenvalue weighted by atomic mass is 35.5. The van der Waals surface area contributed by atoms with Gasteiger partial charge < -0.3 is 10.4 Å². The Labute approximate surface area is 117 Å². The number of benzene rings is 2. The minimum Gasteiger partial charge on any atom is -0.392 e. The lowest BCUT2D eigenvalue weighted by molar-refractivity contribution is 0.281. The Kier molecular flexibility index (Phi) is 4.40. The molecule has 0 unspecified atom stereocenters. The van der Waals surface area contributed by atoms with Gasteiger partial charge in [0.05, 0.1) is 22.9 Å². The zero-order valence-electron chi connectivity index (χ0n) is 10.2. The predicted molar refractivity (Wildman–Crippen MR) is 75.9 cm³/mol. The van der Waals surface area contributed by atoms with Crippen LogP contribution in [0.5, 0.6) is 0 Å². The van der Waals surface area contributed by atoms with Crippen LogP contribution < -0.4 is 5.32 Å². The van der Waals surface area contributed by atoms with E-state index >= 15 is 0 Å². The van der Waals surface area contributed by atoms with Crippen molar-refractivity contribution in [1.82, 2.24) is 0 Å². The van der Waals surface area contributed by atoms with Crippen molar-refractivity contribution in [3.63, 3.8) is 0 Å². The van der Waals surface area contributed by atoms with Crippen molar-refractivity contribution in [3.05, 3.63) is 64.2 Å². The molecule has 0 saturated carbocycles. The van der Waals surface area contributed by atoms with Crippen molar-refractivity contribution in [2.45, 2.75) is 13.2 Å². The van der Waals surface area contributed by atoms with E-state index in [9.17, 15) is 0 Å². The molecule has 19 heavy (non-hydrogen) atoms. The van der Waals surface area contributed by atoms with Gasteiger partial charge in [-0.2, -0.15) is 5.26 Å². The summed E-state index contributed by atoms with van der Waals surface area (Å²) in [7, 11) is 0. The molecule has 0 saturated heterocycles. The lowest BCUT2D eigenvalue weighted by Gasteiger charge is -2.09. The van der Waals surface area contributed by atoms with Crippen LogP contribution >= 0.6 is 11.6 Å². The number of nitrogens with one attached hydrogen (secondary N) is 1. The third kappa shape index (κ3) is 3.25. The quantitative estimate of drug-likeness (QED) is 0.898. The normalized spacial score (nSPS) is 9.95. The molecule has 0 spiro atoms. The summed E-state index contributed by atoms with van der Waals surface area (Å²) < 4.78 is 0. The van der Waals surface area contributed by atoms with Crippen LogP contribution in [0.25, 0.3) is 0 Å². The zero-order valence-corrected chi connectivity index (χ0v) is 11.0. The Morgan fingerprint density at radius 1 is 1.16 bits per heavy atom. The number of hydrogen-bond donors (Lipinski definition) is 2. The Balaban J connectivity index is 2.15. The van der Waals surface area contributed by atoms with Crippen molar-refractivity contribution >= 4 is 17.3 Å². The Morgan fingerprint density at radius 2 is 1.89 bits per heavy atom. The van der Waals surface area contributed by atoms with Crippen molar-refractivity contribution in [2.75, 3.05) is 5.32 Å². The molecule has 2 N–H and O–H groups in total. The third-order valence-corrected chi connectivity index (χ3v) is 3.10. The van der Waals surface area contributed by atoms with E-state index in [4.69, 9.17) is 22.0 Å². The van der Waals surface area contributed by atoms with E-state index in [-0.39, 0.29) is 6.61 Å². The summed E-state index contributed by atoms with van der Waals surface area (Å²) in [4.78, 5) is 0. The number of nitrogens with zero attached hydrogens (tertiary/aromatic N) is 1. The van der Waals surface area contributed by atoms with E-state index in [1.807, 2.05) is 30.3 Å². The average Bonchev–Trinajstić information content (AvgIpc) is 2.45. The van der Waals surface area contributed by atoms with E-state index in [0.717, 1.165) is 11.1 Å². The van der Waals surface area contributed by atoms with Gasteiger partial charge in [0, 0.05) is 6.54 Å². The summed E-state index contributed by atoms with van der Waals surface area (Å²) >= 11 is 5.96. The molecule has 4 heteroatoms. The molecule has 0 aliphatic carbocycles. The molecule has 0 heterocycles. The van der Waals surface area contributed by atoms with Gasteiger partial charge in [-0.15, -0.1) is 0 Å². The SMILES string of the molecule is N#Cc1c(Cl)cccc1NCc1cccc(CO)c1. The van der Waals surface area contributed by atoms with Gasteiger partial charge in [0.25, 0.3) is 0 Å². The van der Waals surface area contributed by atoms with Crippen molar-refractivity contribution < 1.29 is 5.11 Å². The van der Waals surface area contributed by atoms with Gasteiger partial charge in [-0.1, -0.05) is 41.9 Å². The van der Waals surface area contributed by atoms with Gasteiger partial charge in [0.2, 0.25) is 0 Å². The topological polar surface area (TPSA) is 56.0 Å². The molecular weight excluding hydrogens is 260 g/mol. The number of aliphatic hydroxyl groups is 1. The highest BCUT2D eigenvalue weighted by Gasteiger charge is 2.05. The summed E-state index contributed by atoms with van der Waals surface area (Å²) in [5.74, 6) is 0. The van der Waals surface area contributed by atoms with Crippen LogP contribution in [0.15, 0.2) is 42.5 Å². The van der Waals surface area contributed by atoms with Gasteiger partial charge in [0.1, 0.15) is 6.07 Å². The maximum Gasteiger partial charge on any atom is 0.103 e. The summed E-state index contributed by atoms with van der Waals surface area (Å²) in [6.45, 7) is 0.595. The molecule has 0 aromatic heterocycles. The highest BCUT2D eigenvalue weighted by molar-refractivity contribution is 6.32. The molecule has 2 aromatic carbocycles. The average molecular weight is 273 g/mol. The molecule has 2 aromatic rings. The van der Waals surface area contributed by atoms with E-state index in [2.05, 4.69) is 11.4 Å². The lowest BCUT2D eigenvalue weighted by Crippen LogP contribution is -2.02. The van der Waals surface area contributed by atoms with Crippen LogP contribution in [0.4, 0.5) is 5.69 Å². The molecule has 0 fully saturated rings. The van der Waals surface area contributed by atoms with Crippen LogP contribution in [0, 0.1) is 11.3 Å². The number of anilines is 1. The number of hydrogen-bond acceptors (Lipinski definition) is 3. The number of halogens is 1. The lowest BCUT2D eigenvalue weighted by atomic mass is 10.1. The molecule has 2 rings (SSSR count). The number of rotatable bonds is 4. The summed E-state index contributed by atoms with van der Waals surface area (Å²) in [5, 5.41) is 21.8. The Hall–Kier alpha value is -2.02. The first-order valence-corrected chi connectivity index (χ1v) is 6.23. The molecule has 0 bridgehead atoms. The number of nitriles is 1. The second kappa shape index (κ2) is 6.24. The maximum absolute atomic E-state index is 9.08. The van der Waals surface area contributed by atoms with Gasteiger partial charge in [0.15, 0.2) is 0 Å². The molecule has 96 valence electrons. The molecule has 3 nitrogen and oxygen atoms in total. The predicted octanol–water partition coefficient (Wildman–Crippen LogP) is 3.32. The molecule has 0 atom stereocenters. The summed E-state index contributed by atoms with van der Waals surface area (Å²) in [6, 6.07) is 15.0. The molecule has 0 amide bonds. The molecule has 0 aliphatic rings. The first-order chi connectivity index (χ1) is 9.24. The van der Waals surface area contributed by atoms with E-state index in [1.54, 1.807) is 12.1 Å². The van der Waals surface area contributed by atoms with E-state index in [0.29, 0.717) is 22.8 Å². The van der Waals surface area contributed by atoms with Gasteiger partial charge in [-0.25, -0.2) is 0 Å². The van der Waals surface area contributed by atoms with E-state index in [1.165, 1.54) is 0 Å². The zero-order chi connectivity index (χ0) is 13.7. The Bertz CT molecular complexity index is 620. The van der Waals surface area contributed by atoms with Crippen LogP contribution in [0.3, 0.4) is 0 Å². The first kappa shape index (κ1) is 13.4. The smallest absolute Gasteiger partial charge is 0.103 e. The first-order valence-electron chi connectivity index (χ1n) is 5.85. The third-order valence-electron chi connectivity index (χ3n) is 2.78. The molecule has 0 aliphatic heterocycles. The standard InChI is InChI=1S/C15H13ClN2O/c16-14-5-2-6-15(13(14)8-17)18-9-11-3-1-4-12(7-11)10-19/h1-7,18-19H,9-10H2. The van der Waals surface area contributed by atoms with Crippen molar-refractivity contribution in [2.24, 2.45) is 0 Å². The Morgan fingerprint density at radius 3 is 2.63 bits per heavy atom. The summed E-state index contributed by atoms with van der Waals surface area (Å²) in [5.41, 5.74) is 3.06. The minimum absolute atomic E-state index is 0.0223. The van der Waals surface area contributed by atoms with Crippen LogP contribution in [0.1, 0.15) is 16.7 Å². The van der Waals surface area contributed by atoms with Crippen LogP contribution in [-0.2, 0) is 13.2 Å². The molecule has 0 radical (unpaired) electrons. The molecular formula is C15H13ClN2O. The van der Waals surface area contributed by atoms with Crippen LogP contribution in [-0.4, -0.2) is 5.11 Å². The monoisotopic (exact) mass is 272 g/mol. The van der Waals surface area contributed by atoms with Crippen molar-refractivity contribution in [1.29, 1.82) is 5.26 Å². The van der Waals surface area contributed by atoms with Gasteiger partial charge in [-0.05, 0) is 23.3 Å². The second-order valence-corrected chi connectivity index (χ2v) is 4.51. The largest absolute Gasteiger partial charge is 0.392 e. The van der Waals surface area contributed by atoms with Crippen molar-refractivity contribution in [3.8, 4) is 6.07 Å². The maximum atomic E-state index is 9.08.